The smallest absolute Gasteiger partial charge is 0.256 e. The van der Waals surface area contributed by atoms with Crippen LogP contribution in [-0.4, -0.2) is 27.9 Å². The Kier molecular flexibility index (Phi) is 5.91. The van der Waals surface area contributed by atoms with Crippen molar-refractivity contribution in [1.82, 2.24) is 9.55 Å². The van der Waals surface area contributed by atoms with Crippen LogP contribution < -0.4 is 10.2 Å². The van der Waals surface area contributed by atoms with E-state index in [9.17, 15) is 14.0 Å². The van der Waals surface area contributed by atoms with Crippen LogP contribution in [0.3, 0.4) is 0 Å². The third-order valence-corrected chi connectivity index (χ3v) is 5.90. The minimum atomic E-state index is -0.338. The molecule has 4 aromatic rings. The molecule has 170 valence electrons. The maximum atomic E-state index is 13.5. The molecular formula is C27H23FN4O2. The van der Waals surface area contributed by atoms with E-state index < -0.39 is 0 Å². The number of carbonyl (C=O) groups excluding carboxylic acids is 2. The van der Waals surface area contributed by atoms with Gasteiger partial charge >= 0.3 is 0 Å². The number of rotatable bonds is 6. The molecular weight excluding hydrogens is 431 g/mol. The van der Waals surface area contributed by atoms with E-state index in [4.69, 9.17) is 0 Å². The summed E-state index contributed by atoms with van der Waals surface area (Å²) in [4.78, 5) is 31.4. The predicted molar refractivity (Wildman–Crippen MR) is 129 cm³/mol. The van der Waals surface area contributed by atoms with Crippen molar-refractivity contribution in [2.45, 2.75) is 19.4 Å². The largest absolute Gasteiger partial charge is 0.312 e. The lowest BCUT2D eigenvalue weighted by Gasteiger charge is -2.16. The lowest BCUT2D eigenvalue weighted by molar-refractivity contribution is -0.117. The lowest BCUT2D eigenvalue weighted by Crippen LogP contribution is -2.23. The number of imidazole rings is 1. The molecule has 0 saturated carbocycles. The van der Waals surface area contributed by atoms with Crippen LogP contribution in [0.2, 0.25) is 0 Å². The number of nitrogens with one attached hydrogen (secondary N) is 1. The van der Waals surface area contributed by atoms with Gasteiger partial charge in [0.2, 0.25) is 5.91 Å². The van der Waals surface area contributed by atoms with Crippen LogP contribution in [0, 0.1) is 5.82 Å². The van der Waals surface area contributed by atoms with E-state index in [-0.39, 0.29) is 17.6 Å². The minimum absolute atomic E-state index is 0.103. The molecule has 0 spiro atoms. The van der Waals surface area contributed by atoms with E-state index in [1.54, 1.807) is 47.6 Å². The summed E-state index contributed by atoms with van der Waals surface area (Å²) in [5.74, 6) is -0.00249. The molecule has 1 aliphatic heterocycles. The van der Waals surface area contributed by atoms with E-state index in [1.807, 2.05) is 34.9 Å². The van der Waals surface area contributed by atoms with E-state index in [2.05, 4.69) is 10.3 Å². The molecule has 34 heavy (non-hydrogen) atoms. The molecule has 2 amide bonds. The third kappa shape index (κ3) is 4.45. The fourth-order valence-corrected chi connectivity index (χ4v) is 4.13. The summed E-state index contributed by atoms with van der Waals surface area (Å²) in [6.45, 7) is 1.21. The summed E-state index contributed by atoms with van der Waals surface area (Å²) in [7, 11) is 0. The molecule has 0 radical (unpaired) electrons. The van der Waals surface area contributed by atoms with Crippen LogP contribution in [0.25, 0.3) is 11.3 Å². The van der Waals surface area contributed by atoms with E-state index in [1.165, 1.54) is 12.1 Å². The number of anilines is 2. The van der Waals surface area contributed by atoms with Crippen molar-refractivity contribution in [2.24, 2.45) is 0 Å². The van der Waals surface area contributed by atoms with E-state index in [0.29, 0.717) is 42.1 Å². The number of hydrogen-bond acceptors (Lipinski definition) is 3. The number of amides is 2. The number of halogens is 1. The topological polar surface area (TPSA) is 67.2 Å². The first-order chi connectivity index (χ1) is 16.6. The van der Waals surface area contributed by atoms with Crippen molar-refractivity contribution in [1.29, 1.82) is 0 Å². The third-order valence-electron chi connectivity index (χ3n) is 5.90. The second-order valence-electron chi connectivity index (χ2n) is 8.21. The fraction of sp³-hybridized carbons (Fsp3) is 0.148. The maximum Gasteiger partial charge on any atom is 0.256 e. The first-order valence-electron chi connectivity index (χ1n) is 11.2. The standard InChI is InChI=1S/C27H23FN4O2/c28-22-12-8-20(9-13-22)25-26(31(18-29-25)17-19-5-2-1-3-6-19)30-27(34)21-10-14-23(15-11-21)32-16-4-7-24(32)33/h1-3,5-6,8-15,18H,4,7,16-17H2,(H,30,34). The van der Waals surface area contributed by atoms with Crippen LogP contribution in [0.1, 0.15) is 28.8 Å². The average Bonchev–Trinajstić information content (AvgIpc) is 3.46. The minimum Gasteiger partial charge on any atom is -0.312 e. The zero-order valence-corrected chi connectivity index (χ0v) is 18.4. The molecule has 1 aliphatic rings. The summed E-state index contributed by atoms with van der Waals surface area (Å²) >= 11 is 0. The Bertz CT molecular complexity index is 1320. The predicted octanol–water partition coefficient (Wildman–Crippen LogP) is 5.12. The van der Waals surface area contributed by atoms with Gasteiger partial charge in [-0.1, -0.05) is 30.3 Å². The number of aromatic nitrogens is 2. The van der Waals surface area contributed by atoms with Crippen molar-refractivity contribution in [2.75, 3.05) is 16.8 Å². The highest BCUT2D eigenvalue weighted by molar-refractivity contribution is 6.06. The maximum absolute atomic E-state index is 13.5. The van der Waals surface area contributed by atoms with Crippen molar-refractivity contribution in [3.63, 3.8) is 0 Å². The summed E-state index contributed by atoms with van der Waals surface area (Å²) in [5, 5.41) is 2.99. The quantitative estimate of drug-likeness (QED) is 0.440. The highest BCUT2D eigenvalue weighted by atomic mass is 19.1. The van der Waals surface area contributed by atoms with Gasteiger partial charge in [0.25, 0.3) is 5.91 Å². The zero-order valence-electron chi connectivity index (χ0n) is 18.4. The van der Waals surface area contributed by atoms with Crippen LogP contribution in [0.5, 0.6) is 0 Å². The fourth-order valence-electron chi connectivity index (χ4n) is 4.13. The van der Waals surface area contributed by atoms with Gasteiger partial charge in [0.15, 0.2) is 0 Å². The molecule has 1 saturated heterocycles. The van der Waals surface area contributed by atoms with Gasteiger partial charge in [0, 0.05) is 29.8 Å². The van der Waals surface area contributed by atoms with E-state index in [0.717, 1.165) is 17.7 Å². The Labute approximate surface area is 196 Å². The zero-order chi connectivity index (χ0) is 23.5. The Morgan fingerprint density at radius 2 is 1.71 bits per heavy atom. The van der Waals surface area contributed by atoms with Gasteiger partial charge in [-0.25, -0.2) is 9.37 Å². The first kappa shape index (κ1) is 21.6. The Morgan fingerprint density at radius 1 is 0.971 bits per heavy atom. The van der Waals surface area contributed by atoms with E-state index >= 15 is 0 Å². The number of benzene rings is 3. The highest BCUT2D eigenvalue weighted by Gasteiger charge is 2.22. The molecule has 1 aromatic heterocycles. The van der Waals surface area contributed by atoms with Gasteiger partial charge in [0.05, 0.1) is 12.9 Å². The molecule has 0 bridgehead atoms. The lowest BCUT2D eigenvalue weighted by atomic mass is 10.1. The van der Waals surface area contributed by atoms with Gasteiger partial charge in [-0.2, -0.15) is 0 Å². The number of carbonyl (C=O) groups is 2. The molecule has 0 aliphatic carbocycles. The monoisotopic (exact) mass is 454 g/mol. The molecule has 7 heteroatoms. The molecule has 0 unspecified atom stereocenters. The Hall–Kier alpha value is -4.26. The van der Waals surface area contributed by atoms with Crippen molar-refractivity contribution in [3.8, 4) is 11.3 Å². The molecule has 6 nitrogen and oxygen atoms in total. The van der Waals surface area contributed by atoms with Gasteiger partial charge in [-0.05, 0) is 60.5 Å². The SMILES string of the molecule is O=C(Nc1c(-c2ccc(F)cc2)ncn1Cc1ccccc1)c1ccc(N2CCCC2=O)cc1. The molecule has 5 rings (SSSR count). The number of hydrogen-bond donors (Lipinski definition) is 1. The molecule has 1 N–H and O–H groups in total. The second-order valence-corrected chi connectivity index (χ2v) is 8.21. The van der Waals surface area contributed by atoms with Crippen molar-refractivity contribution >= 4 is 23.3 Å². The van der Waals surface area contributed by atoms with Gasteiger partial charge in [-0.3, -0.25) is 9.59 Å². The summed E-state index contributed by atoms with van der Waals surface area (Å²) < 4.78 is 15.3. The van der Waals surface area contributed by atoms with Crippen LogP contribution in [0.15, 0.2) is 85.2 Å². The molecule has 2 heterocycles. The summed E-state index contributed by atoms with van der Waals surface area (Å²) in [6, 6.07) is 22.9. The van der Waals surface area contributed by atoms with Crippen molar-refractivity contribution < 1.29 is 14.0 Å². The summed E-state index contributed by atoms with van der Waals surface area (Å²) in [5.41, 5.74) is 3.57. The van der Waals surface area contributed by atoms with Gasteiger partial charge in [0.1, 0.15) is 17.3 Å². The molecule has 1 fully saturated rings. The van der Waals surface area contributed by atoms with Gasteiger partial charge < -0.3 is 14.8 Å². The molecule has 3 aromatic carbocycles. The van der Waals surface area contributed by atoms with Crippen LogP contribution in [0.4, 0.5) is 15.9 Å². The highest BCUT2D eigenvalue weighted by Crippen LogP contribution is 2.29. The summed E-state index contributed by atoms with van der Waals surface area (Å²) in [6.07, 6.45) is 3.07. The average molecular weight is 455 g/mol. The number of nitrogens with zero attached hydrogens (tertiary/aromatic N) is 3. The second kappa shape index (κ2) is 9.31. The Balaban J connectivity index is 1.44. The van der Waals surface area contributed by atoms with Crippen LogP contribution in [-0.2, 0) is 11.3 Å². The molecule has 0 atom stereocenters. The normalized spacial score (nSPS) is 13.3. The Morgan fingerprint density at radius 3 is 2.38 bits per heavy atom. The first-order valence-corrected chi connectivity index (χ1v) is 11.2. The van der Waals surface area contributed by atoms with Gasteiger partial charge in [-0.15, -0.1) is 0 Å². The van der Waals surface area contributed by atoms with Crippen LogP contribution >= 0.6 is 0 Å². The van der Waals surface area contributed by atoms with Crippen molar-refractivity contribution in [3.05, 3.63) is 102 Å².